The van der Waals surface area contributed by atoms with Crippen molar-refractivity contribution in [1.82, 2.24) is 0 Å². The number of unbranched alkanes of at least 4 members (excludes halogenated alkanes) is 5. The van der Waals surface area contributed by atoms with Gasteiger partial charge >= 0.3 is 11.9 Å². The number of hydrogen-bond acceptors (Lipinski definition) is 2. The highest BCUT2D eigenvalue weighted by Crippen LogP contribution is 2.08. The third-order valence-corrected chi connectivity index (χ3v) is 4.63. The molecule has 0 heterocycles. The molecule has 0 aliphatic carbocycles. The summed E-state index contributed by atoms with van der Waals surface area (Å²) in [6.07, 6.45) is 5.82. The van der Waals surface area contributed by atoms with E-state index in [1.54, 1.807) is 0 Å². The topological polar surface area (TPSA) is 74.6 Å². The van der Waals surface area contributed by atoms with Crippen molar-refractivity contribution >= 4 is 11.9 Å². The summed E-state index contributed by atoms with van der Waals surface area (Å²) < 4.78 is 0. The standard InChI is InChI=1S/C10H18O4.2C8H10/c11-9(12)7-5-3-1-2-4-6-8-10(13)14;1-7-4-3-5-8(2)6-7;1-7-5-3-4-6-8(7)2/h1-8H2,(H,11,12)(H,13,14);2*3-6H,1-2H3. The number of carboxylic acids is 2. The number of carboxylic acid groups (broad SMARTS) is 2. The van der Waals surface area contributed by atoms with Crippen LogP contribution in [0.4, 0.5) is 0 Å². The highest BCUT2D eigenvalue weighted by Gasteiger charge is 1.98. The maximum atomic E-state index is 10.1. The predicted molar refractivity (Wildman–Crippen MR) is 124 cm³/mol. The molecule has 0 aliphatic rings. The zero-order valence-corrected chi connectivity index (χ0v) is 19.0. The summed E-state index contributed by atoms with van der Waals surface area (Å²) in [6.45, 7) is 8.45. The van der Waals surface area contributed by atoms with Crippen LogP contribution in [0, 0.1) is 27.7 Å². The Balaban J connectivity index is 0.000000447. The van der Waals surface area contributed by atoms with E-state index < -0.39 is 11.9 Å². The fourth-order valence-electron chi connectivity index (χ4n) is 2.73. The zero-order valence-electron chi connectivity index (χ0n) is 19.0. The van der Waals surface area contributed by atoms with E-state index in [1.807, 2.05) is 0 Å². The van der Waals surface area contributed by atoms with Crippen LogP contribution >= 0.6 is 0 Å². The second-order valence-electron chi connectivity index (χ2n) is 7.65. The summed E-state index contributed by atoms with van der Waals surface area (Å²) in [5.41, 5.74) is 5.41. The van der Waals surface area contributed by atoms with Gasteiger partial charge in [0.05, 0.1) is 0 Å². The monoisotopic (exact) mass is 414 g/mol. The molecular weight excluding hydrogens is 376 g/mol. The average molecular weight is 415 g/mol. The van der Waals surface area contributed by atoms with Gasteiger partial charge in [-0.05, 0) is 51.7 Å². The molecule has 0 bridgehead atoms. The van der Waals surface area contributed by atoms with Crippen LogP contribution in [0.2, 0.25) is 0 Å². The average Bonchev–Trinajstić information content (AvgIpc) is 2.67. The Morgan fingerprint density at radius 2 is 0.967 bits per heavy atom. The molecule has 0 saturated heterocycles. The van der Waals surface area contributed by atoms with Crippen molar-refractivity contribution in [3.05, 3.63) is 70.8 Å². The predicted octanol–water partition coefficient (Wildman–Crippen LogP) is 6.88. The normalized spacial score (nSPS) is 9.60. The fourth-order valence-corrected chi connectivity index (χ4v) is 2.73. The van der Waals surface area contributed by atoms with Crippen LogP contribution in [0.5, 0.6) is 0 Å². The van der Waals surface area contributed by atoms with Gasteiger partial charge in [-0.2, -0.15) is 0 Å². The molecule has 0 aliphatic heterocycles. The van der Waals surface area contributed by atoms with Crippen LogP contribution in [-0.2, 0) is 9.59 Å². The SMILES string of the molecule is Cc1cccc(C)c1.Cc1ccccc1C.O=C(O)CCCCCCCCC(=O)O. The van der Waals surface area contributed by atoms with Gasteiger partial charge in [0, 0.05) is 12.8 Å². The minimum Gasteiger partial charge on any atom is -0.481 e. The van der Waals surface area contributed by atoms with Crippen LogP contribution < -0.4 is 0 Å². The summed E-state index contributed by atoms with van der Waals surface area (Å²) in [7, 11) is 0. The minimum atomic E-state index is -0.740. The van der Waals surface area contributed by atoms with E-state index in [0.717, 1.165) is 38.5 Å². The number of hydrogen-bond donors (Lipinski definition) is 2. The molecule has 2 rings (SSSR count). The molecule has 0 unspecified atom stereocenters. The van der Waals surface area contributed by atoms with Gasteiger partial charge in [0.2, 0.25) is 0 Å². The molecule has 0 amide bonds. The maximum Gasteiger partial charge on any atom is 0.303 e. The van der Waals surface area contributed by atoms with Crippen molar-refractivity contribution < 1.29 is 19.8 Å². The lowest BCUT2D eigenvalue weighted by atomic mass is 10.1. The molecule has 2 N–H and O–H groups in total. The van der Waals surface area contributed by atoms with Crippen LogP contribution in [0.3, 0.4) is 0 Å². The molecule has 166 valence electrons. The Bertz CT molecular complexity index is 679. The molecule has 4 nitrogen and oxygen atoms in total. The first-order valence-corrected chi connectivity index (χ1v) is 10.7. The van der Waals surface area contributed by atoms with Crippen molar-refractivity contribution in [2.75, 3.05) is 0 Å². The minimum absolute atomic E-state index is 0.245. The van der Waals surface area contributed by atoms with Crippen molar-refractivity contribution in [2.24, 2.45) is 0 Å². The number of carbonyl (C=O) groups is 2. The molecule has 2 aromatic rings. The highest BCUT2D eigenvalue weighted by molar-refractivity contribution is 5.66. The third kappa shape index (κ3) is 17.5. The van der Waals surface area contributed by atoms with Crippen molar-refractivity contribution in [1.29, 1.82) is 0 Å². The Labute approximate surface area is 182 Å². The lowest BCUT2D eigenvalue weighted by Crippen LogP contribution is -1.94. The van der Waals surface area contributed by atoms with E-state index in [1.165, 1.54) is 22.3 Å². The second kappa shape index (κ2) is 17.3. The molecule has 0 atom stereocenters. The molecule has 0 spiro atoms. The first kappa shape index (κ1) is 27.4. The van der Waals surface area contributed by atoms with E-state index in [4.69, 9.17) is 10.2 Å². The van der Waals surface area contributed by atoms with Gasteiger partial charge in [-0.15, -0.1) is 0 Å². The van der Waals surface area contributed by atoms with E-state index in [-0.39, 0.29) is 12.8 Å². The second-order valence-corrected chi connectivity index (χ2v) is 7.65. The summed E-state index contributed by atoms with van der Waals surface area (Å²) in [6, 6.07) is 16.8. The van der Waals surface area contributed by atoms with Gasteiger partial charge in [0.1, 0.15) is 0 Å². The van der Waals surface area contributed by atoms with Crippen LogP contribution in [0.25, 0.3) is 0 Å². The molecule has 0 radical (unpaired) electrons. The molecule has 30 heavy (non-hydrogen) atoms. The largest absolute Gasteiger partial charge is 0.481 e. The fraction of sp³-hybridized carbons (Fsp3) is 0.462. The van der Waals surface area contributed by atoms with Crippen LogP contribution in [0.1, 0.15) is 73.6 Å². The molecule has 4 heteroatoms. The lowest BCUT2D eigenvalue weighted by molar-refractivity contribution is -0.138. The maximum absolute atomic E-state index is 10.1. The lowest BCUT2D eigenvalue weighted by Gasteiger charge is -1.98. The number of aliphatic carboxylic acids is 2. The molecule has 2 aromatic carbocycles. The molecule has 0 saturated carbocycles. The number of aryl methyl sites for hydroxylation is 4. The third-order valence-electron chi connectivity index (χ3n) is 4.63. The van der Waals surface area contributed by atoms with Crippen molar-refractivity contribution in [3.63, 3.8) is 0 Å². The van der Waals surface area contributed by atoms with Gasteiger partial charge in [-0.3, -0.25) is 9.59 Å². The Hall–Kier alpha value is -2.62. The van der Waals surface area contributed by atoms with E-state index in [9.17, 15) is 9.59 Å². The zero-order chi connectivity index (χ0) is 22.8. The van der Waals surface area contributed by atoms with Gasteiger partial charge in [-0.1, -0.05) is 85.3 Å². The molecular formula is C26H38O4. The number of rotatable bonds is 9. The van der Waals surface area contributed by atoms with Crippen LogP contribution in [0.15, 0.2) is 48.5 Å². The van der Waals surface area contributed by atoms with E-state index in [0.29, 0.717) is 0 Å². The Morgan fingerprint density at radius 3 is 1.23 bits per heavy atom. The van der Waals surface area contributed by atoms with Gasteiger partial charge in [0.15, 0.2) is 0 Å². The van der Waals surface area contributed by atoms with Crippen LogP contribution in [-0.4, -0.2) is 22.2 Å². The molecule has 0 fully saturated rings. The van der Waals surface area contributed by atoms with Crippen molar-refractivity contribution in [2.45, 2.75) is 79.1 Å². The van der Waals surface area contributed by atoms with E-state index >= 15 is 0 Å². The Morgan fingerprint density at radius 1 is 0.600 bits per heavy atom. The number of benzene rings is 2. The van der Waals surface area contributed by atoms with Gasteiger partial charge in [0.25, 0.3) is 0 Å². The van der Waals surface area contributed by atoms with Gasteiger partial charge < -0.3 is 10.2 Å². The van der Waals surface area contributed by atoms with Gasteiger partial charge in [-0.25, -0.2) is 0 Å². The van der Waals surface area contributed by atoms with Crippen molar-refractivity contribution in [3.8, 4) is 0 Å². The highest BCUT2D eigenvalue weighted by atomic mass is 16.4. The quantitative estimate of drug-likeness (QED) is 0.438. The first-order valence-electron chi connectivity index (χ1n) is 10.7. The summed E-state index contributed by atoms with van der Waals surface area (Å²) in [4.78, 5) is 20.3. The first-order chi connectivity index (χ1) is 14.2. The summed E-state index contributed by atoms with van der Waals surface area (Å²) >= 11 is 0. The Kier molecular flexibility index (Phi) is 15.7. The molecule has 0 aromatic heterocycles. The summed E-state index contributed by atoms with van der Waals surface area (Å²) in [5, 5.41) is 16.7. The van der Waals surface area contributed by atoms with E-state index in [2.05, 4.69) is 76.2 Å². The summed E-state index contributed by atoms with van der Waals surface area (Å²) in [5.74, 6) is -1.48. The smallest absolute Gasteiger partial charge is 0.303 e.